The molecule has 0 spiro atoms. The van der Waals surface area contributed by atoms with E-state index >= 15 is 0 Å². The van der Waals surface area contributed by atoms with Crippen LogP contribution in [0.25, 0.3) is 0 Å². The summed E-state index contributed by atoms with van der Waals surface area (Å²) in [6, 6.07) is 0. The van der Waals surface area contributed by atoms with E-state index in [2.05, 4.69) is 18.7 Å². The molecular formula is C14H28N2. The van der Waals surface area contributed by atoms with Gasteiger partial charge in [-0.1, -0.05) is 33.1 Å². The van der Waals surface area contributed by atoms with Gasteiger partial charge in [0, 0.05) is 13.1 Å². The predicted molar refractivity (Wildman–Crippen MR) is 69.3 cm³/mol. The molecule has 2 rings (SSSR count). The fourth-order valence-electron chi connectivity index (χ4n) is 3.49. The minimum Gasteiger partial charge on any atom is -0.330 e. The van der Waals surface area contributed by atoms with E-state index in [-0.39, 0.29) is 0 Å². The van der Waals surface area contributed by atoms with E-state index in [4.69, 9.17) is 5.73 Å². The number of piperidine rings is 1. The topological polar surface area (TPSA) is 29.3 Å². The molecule has 1 saturated heterocycles. The van der Waals surface area contributed by atoms with Crippen LogP contribution in [0.2, 0.25) is 0 Å². The largest absolute Gasteiger partial charge is 0.330 e. The van der Waals surface area contributed by atoms with Crippen molar-refractivity contribution >= 4 is 0 Å². The Labute approximate surface area is 101 Å². The molecule has 1 saturated carbocycles. The first-order valence-corrected chi connectivity index (χ1v) is 7.03. The van der Waals surface area contributed by atoms with E-state index in [1.54, 1.807) is 0 Å². The fraction of sp³-hybridized carbons (Fsp3) is 1.00. The van der Waals surface area contributed by atoms with Gasteiger partial charge in [0.2, 0.25) is 0 Å². The highest BCUT2D eigenvalue weighted by Gasteiger charge is 2.32. The maximum absolute atomic E-state index is 5.83. The standard InChI is InChI=1S/C14H28N2/c1-14(2,10-15)11-16-8-7-12-5-3-4-6-13(12)9-16/h12-13H,3-11,15H2,1-2H3. The van der Waals surface area contributed by atoms with Crippen molar-refractivity contribution in [3.05, 3.63) is 0 Å². The summed E-state index contributed by atoms with van der Waals surface area (Å²) >= 11 is 0. The van der Waals surface area contributed by atoms with Crippen LogP contribution in [-0.2, 0) is 0 Å². The first kappa shape index (κ1) is 12.4. The Hall–Kier alpha value is -0.0800. The highest BCUT2D eigenvalue weighted by atomic mass is 15.1. The van der Waals surface area contributed by atoms with Crippen LogP contribution in [0.1, 0.15) is 46.0 Å². The normalized spacial score (nSPS) is 32.4. The van der Waals surface area contributed by atoms with Gasteiger partial charge in [0.25, 0.3) is 0 Å². The number of nitrogens with two attached hydrogens (primary N) is 1. The molecule has 2 nitrogen and oxygen atoms in total. The summed E-state index contributed by atoms with van der Waals surface area (Å²) < 4.78 is 0. The van der Waals surface area contributed by atoms with Crippen LogP contribution in [0.3, 0.4) is 0 Å². The number of likely N-dealkylation sites (tertiary alicyclic amines) is 1. The highest BCUT2D eigenvalue weighted by molar-refractivity contribution is 4.85. The number of fused-ring (bicyclic) bond motifs is 1. The third-order valence-corrected chi connectivity index (χ3v) is 4.58. The molecule has 16 heavy (non-hydrogen) atoms. The van der Waals surface area contributed by atoms with Gasteiger partial charge in [0.1, 0.15) is 0 Å². The lowest BCUT2D eigenvalue weighted by Gasteiger charge is -2.43. The van der Waals surface area contributed by atoms with Gasteiger partial charge in [-0.25, -0.2) is 0 Å². The zero-order chi connectivity index (χ0) is 11.6. The quantitative estimate of drug-likeness (QED) is 0.798. The lowest BCUT2D eigenvalue weighted by molar-refractivity contribution is 0.0623. The summed E-state index contributed by atoms with van der Waals surface area (Å²) in [5, 5.41) is 0. The molecule has 0 aromatic rings. The molecule has 0 amide bonds. The van der Waals surface area contributed by atoms with Crippen LogP contribution in [0.5, 0.6) is 0 Å². The van der Waals surface area contributed by atoms with Gasteiger partial charge in [-0.3, -0.25) is 0 Å². The molecule has 2 atom stereocenters. The molecule has 1 aliphatic carbocycles. The van der Waals surface area contributed by atoms with Crippen LogP contribution in [0.4, 0.5) is 0 Å². The van der Waals surface area contributed by atoms with E-state index in [1.165, 1.54) is 51.7 Å². The third kappa shape index (κ3) is 2.98. The minimum atomic E-state index is 0.293. The molecule has 0 radical (unpaired) electrons. The molecular weight excluding hydrogens is 196 g/mol. The molecule has 2 heteroatoms. The third-order valence-electron chi connectivity index (χ3n) is 4.58. The molecule has 0 bridgehead atoms. The number of nitrogens with zero attached hydrogens (tertiary/aromatic N) is 1. The molecule has 2 fully saturated rings. The molecule has 2 aliphatic rings. The second-order valence-electron chi connectivity index (χ2n) is 6.70. The molecule has 2 N–H and O–H groups in total. The Bertz CT molecular complexity index is 225. The summed E-state index contributed by atoms with van der Waals surface area (Å²) in [6.07, 6.45) is 7.36. The Morgan fingerprint density at radius 1 is 1.12 bits per heavy atom. The average molecular weight is 224 g/mol. The highest BCUT2D eigenvalue weighted by Crippen LogP contribution is 2.36. The van der Waals surface area contributed by atoms with E-state index in [0.29, 0.717) is 5.41 Å². The molecule has 2 unspecified atom stereocenters. The summed E-state index contributed by atoms with van der Waals surface area (Å²) in [7, 11) is 0. The maximum Gasteiger partial charge on any atom is 0.00449 e. The van der Waals surface area contributed by atoms with Gasteiger partial charge in [-0.15, -0.1) is 0 Å². The Balaban J connectivity index is 1.85. The first-order valence-electron chi connectivity index (χ1n) is 7.03. The maximum atomic E-state index is 5.83. The van der Waals surface area contributed by atoms with E-state index in [0.717, 1.165) is 18.4 Å². The number of hydrogen-bond acceptors (Lipinski definition) is 2. The fourth-order valence-corrected chi connectivity index (χ4v) is 3.49. The van der Waals surface area contributed by atoms with Crippen LogP contribution in [0, 0.1) is 17.3 Å². The molecule has 1 aliphatic heterocycles. The zero-order valence-electron chi connectivity index (χ0n) is 11.0. The second kappa shape index (κ2) is 5.05. The SMILES string of the molecule is CC(C)(CN)CN1CCC2CCCCC2C1. The molecule has 0 aromatic carbocycles. The van der Waals surface area contributed by atoms with Gasteiger partial charge in [0.15, 0.2) is 0 Å². The summed E-state index contributed by atoms with van der Waals surface area (Å²) in [4.78, 5) is 2.67. The van der Waals surface area contributed by atoms with Crippen LogP contribution < -0.4 is 5.73 Å². The van der Waals surface area contributed by atoms with Crippen molar-refractivity contribution in [2.75, 3.05) is 26.2 Å². The Morgan fingerprint density at radius 2 is 1.81 bits per heavy atom. The van der Waals surface area contributed by atoms with E-state index < -0.39 is 0 Å². The smallest absolute Gasteiger partial charge is 0.00449 e. The molecule has 94 valence electrons. The van der Waals surface area contributed by atoms with Crippen LogP contribution in [0.15, 0.2) is 0 Å². The summed E-state index contributed by atoms with van der Waals surface area (Å²) in [5.74, 6) is 2.04. The molecule has 1 heterocycles. The Morgan fingerprint density at radius 3 is 2.50 bits per heavy atom. The lowest BCUT2D eigenvalue weighted by Crippen LogP contribution is -2.46. The second-order valence-corrected chi connectivity index (χ2v) is 6.70. The zero-order valence-corrected chi connectivity index (χ0v) is 11.0. The Kier molecular flexibility index (Phi) is 3.91. The average Bonchev–Trinajstić information content (AvgIpc) is 2.28. The minimum absolute atomic E-state index is 0.293. The van der Waals surface area contributed by atoms with Gasteiger partial charge in [-0.05, 0) is 43.2 Å². The van der Waals surface area contributed by atoms with Gasteiger partial charge < -0.3 is 10.6 Å². The van der Waals surface area contributed by atoms with Crippen molar-refractivity contribution in [2.45, 2.75) is 46.0 Å². The van der Waals surface area contributed by atoms with Crippen LogP contribution >= 0.6 is 0 Å². The van der Waals surface area contributed by atoms with Gasteiger partial charge in [0.05, 0.1) is 0 Å². The van der Waals surface area contributed by atoms with Crippen molar-refractivity contribution in [3.8, 4) is 0 Å². The van der Waals surface area contributed by atoms with E-state index in [9.17, 15) is 0 Å². The predicted octanol–water partition coefficient (Wildman–Crippen LogP) is 2.48. The molecule has 0 aromatic heterocycles. The number of rotatable bonds is 3. The van der Waals surface area contributed by atoms with E-state index in [1.807, 2.05) is 0 Å². The van der Waals surface area contributed by atoms with Crippen molar-refractivity contribution in [2.24, 2.45) is 23.0 Å². The van der Waals surface area contributed by atoms with Crippen molar-refractivity contribution in [1.82, 2.24) is 4.90 Å². The van der Waals surface area contributed by atoms with Crippen molar-refractivity contribution in [3.63, 3.8) is 0 Å². The van der Waals surface area contributed by atoms with Gasteiger partial charge in [-0.2, -0.15) is 0 Å². The van der Waals surface area contributed by atoms with Crippen LogP contribution in [-0.4, -0.2) is 31.1 Å². The van der Waals surface area contributed by atoms with Gasteiger partial charge >= 0.3 is 0 Å². The lowest BCUT2D eigenvalue weighted by atomic mass is 9.74. The van der Waals surface area contributed by atoms with Crippen molar-refractivity contribution < 1.29 is 0 Å². The van der Waals surface area contributed by atoms with Crippen molar-refractivity contribution in [1.29, 1.82) is 0 Å². The first-order chi connectivity index (χ1) is 7.61. The summed E-state index contributed by atoms with van der Waals surface area (Å²) in [5.41, 5.74) is 6.12. The monoisotopic (exact) mass is 224 g/mol. The summed E-state index contributed by atoms with van der Waals surface area (Å²) in [6.45, 7) is 9.23. The number of hydrogen-bond donors (Lipinski definition) is 1.